The highest BCUT2D eigenvalue weighted by Crippen LogP contribution is 2.28. The van der Waals surface area contributed by atoms with Gasteiger partial charge in [0.1, 0.15) is 0 Å². The maximum atomic E-state index is 13.1. The topological polar surface area (TPSA) is 83.9 Å². The van der Waals surface area contributed by atoms with E-state index in [1.54, 1.807) is 10.9 Å². The van der Waals surface area contributed by atoms with Gasteiger partial charge >= 0.3 is 0 Å². The number of fused-ring (bicyclic) bond motifs is 1. The van der Waals surface area contributed by atoms with Crippen LogP contribution in [0.25, 0.3) is 5.95 Å². The van der Waals surface area contributed by atoms with Crippen molar-refractivity contribution in [2.75, 3.05) is 13.1 Å². The molecule has 1 fully saturated rings. The Morgan fingerprint density at radius 1 is 1.21 bits per heavy atom. The maximum absolute atomic E-state index is 13.1. The first-order valence-electron chi connectivity index (χ1n) is 10.1. The molecule has 1 atom stereocenters. The first kappa shape index (κ1) is 17.8. The number of likely N-dealkylation sites (tertiary alicyclic amines) is 1. The van der Waals surface area contributed by atoms with Crippen LogP contribution in [0.4, 0.5) is 0 Å². The summed E-state index contributed by atoms with van der Waals surface area (Å²) in [5.74, 6) is 0.733. The smallest absolute Gasteiger partial charge is 0.257 e. The van der Waals surface area contributed by atoms with Gasteiger partial charge in [-0.2, -0.15) is 5.10 Å². The predicted molar refractivity (Wildman–Crippen MR) is 108 cm³/mol. The first-order valence-corrected chi connectivity index (χ1v) is 10.1. The van der Waals surface area contributed by atoms with Crippen LogP contribution < -0.4 is 5.56 Å². The number of hydrogen-bond donors (Lipinski definition) is 1. The Balaban J connectivity index is 1.40. The molecule has 1 aromatic carbocycles. The van der Waals surface area contributed by atoms with E-state index in [1.165, 1.54) is 5.56 Å². The average Bonchev–Trinajstić information content (AvgIpc) is 3.47. The van der Waals surface area contributed by atoms with Crippen LogP contribution in [-0.2, 0) is 12.8 Å². The Morgan fingerprint density at radius 3 is 2.86 bits per heavy atom. The fourth-order valence-corrected chi connectivity index (χ4v) is 4.47. The number of nitrogens with one attached hydrogen (secondary N) is 1. The third-order valence-electron chi connectivity index (χ3n) is 6.12. The van der Waals surface area contributed by atoms with E-state index in [1.807, 2.05) is 30.0 Å². The van der Waals surface area contributed by atoms with E-state index < -0.39 is 0 Å². The highest BCUT2D eigenvalue weighted by molar-refractivity contribution is 5.95. The molecule has 3 aromatic rings. The molecule has 2 aliphatic rings. The summed E-state index contributed by atoms with van der Waals surface area (Å²) in [5.41, 5.74) is 4.04. The first-order chi connectivity index (χ1) is 14.1. The van der Waals surface area contributed by atoms with Gasteiger partial charge in [0.15, 0.2) is 0 Å². The molecule has 0 saturated carbocycles. The Labute approximate surface area is 168 Å². The molecule has 29 heavy (non-hydrogen) atoms. The number of H-pyrrole nitrogens is 1. The van der Waals surface area contributed by atoms with Crippen molar-refractivity contribution in [3.05, 3.63) is 75.0 Å². The molecule has 1 aliphatic carbocycles. The van der Waals surface area contributed by atoms with Gasteiger partial charge in [-0.05, 0) is 38.2 Å². The van der Waals surface area contributed by atoms with Crippen molar-refractivity contribution in [3.8, 4) is 5.95 Å². The van der Waals surface area contributed by atoms with E-state index in [0.717, 1.165) is 43.5 Å². The van der Waals surface area contributed by atoms with Gasteiger partial charge in [0.25, 0.3) is 11.5 Å². The molecule has 0 spiro atoms. The third-order valence-corrected chi connectivity index (χ3v) is 6.12. The second-order valence-corrected chi connectivity index (χ2v) is 7.87. The largest absolute Gasteiger partial charge is 0.338 e. The van der Waals surface area contributed by atoms with Crippen LogP contribution in [0.15, 0.2) is 41.3 Å². The monoisotopic (exact) mass is 389 g/mol. The van der Waals surface area contributed by atoms with Crippen LogP contribution in [0.3, 0.4) is 0 Å². The second kappa shape index (κ2) is 6.99. The van der Waals surface area contributed by atoms with Crippen LogP contribution in [0.1, 0.15) is 51.6 Å². The lowest BCUT2D eigenvalue weighted by Gasteiger charge is -2.16. The number of carbonyl (C=O) groups excluding carboxylic acids is 1. The summed E-state index contributed by atoms with van der Waals surface area (Å²) in [6.45, 7) is 3.29. The Morgan fingerprint density at radius 2 is 2.03 bits per heavy atom. The summed E-state index contributed by atoms with van der Waals surface area (Å²) in [6, 6.07) is 10.3. The molecule has 7 heteroatoms. The summed E-state index contributed by atoms with van der Waals surface area (Å²) < 4.78 is 1.57. The van der Waals surface area contributed by atoms with E-state index >= 15 is 0 Å². The maximum Gasteiger partial charge on any atom is 0.257 e. The molecule has 148 valence electrons. The highest BCUT2D eigenvalue weighted by Gasteiger charge is 2.30. The van der Waals surface area contributed by atoms with E-state index in [4.69, 9.17) is 0 Å². The lowest BCUT2D eigenvalue weighted by Crippen LogP contribution is -2.29. The number of hydrogen-bond acceptors (Lipinski definition) is 4. The van der Waals surface area contributed by atoms with Crippen LogP contribution >= 0.6 is 0 Å². The summed E-state index contributed by atoms with van der Waals surface area (Å²) in [6.07, 6.45) is 5.09. The number of carbonyl (C=O) groups is 1. The van der Waals surface area contributed by atoms with Crippen molar-refractivity contribution in [1.29, 1.82) is 0 Å². The molecule has 1 unspecified atom stereocenters. The number of aromatic amines is 1. The minimum Gasteiger partial charge on any atom is -0.338 e. The molecule has 3 heterocycles. The van der Waals surface area contributed by atoms with Gasteiger partial charge < -0.3 is 4.90 Å². The van der Waals surface area contributed by atoms with Crippen LogP contribution in [0.5, 0.6) is 0 Å². The van der Waals surface area contributed by atoms with Gasteiger partial charge in [-0.15, -0.1) is 0 Å². The summed E-state index contributed by atoms with van der Waals surface area (Å²) in [7, 11) is 0. The molecule has 2 aromatic heterocycles. The van der Waals surface area contributed by atoms with Gasteiger partial charge in [0, 0.05) is 24.6 Å². The Kier molecular flexibility index (Phi) is 4.30. The van der Waals surface area contributed by atoms with Gasteiger partial charge in [-0.25, -0.2) is 9.67 Å². The van der Waals surface area contributed by atoms with Crippen molar-refractivity contribution >= 4 is 5.91 Å². The summed E-state index contributed by atoms with van der Waals surface area (Å²) in [4.78, 5) is 34.8. The normalized spacial score (nSPS) is 18.2. The third kappa shape index (κ3) is 3.06. The highest BCUT2D eigenvalue weighted by atomic mass is 16.2. The van der Waals surface area contributed by atoms with Gasteiger partial charge in [-0.3, -0.25) is 14.6 Å². The van der Waals surface area contributed by atoms with E-state index in [0.29, 0.717) is 29.7 Å². The Bertz CT molecular complexity index is 1130. The number of aryl methyl sites for hydroxylation is 1. The predicted octanol–water partition coefficient (Wildman–Crippen LogP) is 2.38. The minimum atomic E-state index is -0.101. The minimum absolute atomic E-state index is 0.0179. The van der Waals surface area contributed by atoms with Gasteiger partial charge in [0.2, 0.25) is 5.95 Å². The molecular formula is C22H23N5O2. The fourth-order valence-electron chi connectivity index (χ4n) is 4.47. The molecule has 0 radical (unpaired) electrons. The molecule has 1 N–H and O–H groups in total. The van der Waals surface area contributed by atoms with Crippen LogP contribution in [0.2, 0.25) is 0 Å². The lowest BCUT2D eigenvalue weighted by molar-refractivity contribution is 0.0790. The number of rotatable bonds is 3. The summed E-state index contributed by atoms with van der Waals surface area (Å²) in [5, 5.41) is 4.36. The molecule has 1 saturated heterocycles. The standard InChI is InChI=1S/C22H23N5O2/c1-14-18(21(29)26-11-10-16(13-26)15-6-3-2-4-7-15)12-23-27(14)22-24-19-9-5-8-17(19)20(28)25-22/h2-4,6-7,12,16H,5,8-11,13H2,1H3,(H,24,25,28). The zero-order valence-electron chi connectivity index (χ0n) is 16.4. The molecule has 5 rings (SSSR count). The molecule has 7 nitrogen and oxygen atoms in total. The summed E-state index contributed by atoms with van der Waals surface area (Å²) >= 11 is 0. The SMILES string of the molecule is Cc1c(C(=O)N2CCC(c3ccccc3)C2)cnn1-c1nc2c(c(=O)[nH]1)CCC2. The molecule has 1 aliphatic heterocycles. The van der Waals surface area contributed by atoms with Gasteiger partial charge in [0.05, 0.1) is 23.1 Å². The van der Waals surface area contributed by atoms with Crippen LogP contribution in [-0.4, -0.2) is 43.6 Å². The number of nitrogens with zero attached hydrogens (tertiary/aromatic N) is 4. The van der Waals surface area contributed by atoms with Crippen LogP contribution in [0, 0.1) is 6.92 Å². The molecular weight excluding hydrogens is 366 g/mol. The van der Waals surface area contributed by atoms with Crippen molar-refractivity contribution in [1.82, 2.24) is 24.6 Å². The molecule has 1 amide bonds. The van der Waals surface area contributed by atoms with Crippen molar-refractivity contribution in [2.24, 2.45) is 0 Å². The van der Waals surface area contributed by atoms with E-state index in [-0.39, 0.29) is 11.5 Å². The zero-order chi connectivity index (χ0) is 20.0. The van der Waals surface area contributed by atoms with Crippen molar-refractivity contribution in [2.45, 2.75) is 38.5 Å². The lowest BCUT2D eigenvalue weighted by atomic mass is 9.99. The molecule has 0 bridgehead atoms. The number of amides is 1. The Hall–Kier alpha value is -3.22. The quantitative estimate of drug-likeness (QED) is 0.745. The van der Waals surface area contributed by atoms with Crippen molar-refractivity contribution < 1.29 is 4.79 Å². The van der Waals surface area contributed by atoms with E-state index in [2.05, 4.69) is 27.2 Å². The fraction of sp³-hybridized carbons (Fsp3) is 0.364. The number of aromatic nitrogens is 4. The second-order valence-electron chi connectivity index (χ2n) is 7.87. The average molecular weight is 389 g/mol. The zero-order valence-corrected chi connectivity index (χ0v) is 16.4. The number of benzene rings is 1. The van der Waals surface area contributed by atoms with E-state index in [9.17, 15) is 9.59 Å². The van der Waals surface area contributed by atoms with Gasteiger partial charge in [-0.1, -0.05) is 30.3 Å². The van der Waals surface area contributed by atoms with Crippen molar-refractivity contribution in [3.63, 3.8) is 0 Å².